The van der Waals surface area contributed by atoms with Crippen molar-refractivity contribution < 1.29 is 4.52 Å². The number of pyridine rings is 1. The Labute approximate surface area is 169 Å². The molecule has 0 spiro atoms. The zero-order chi connectivity index (χ0) is 19.6. The van der Waals surface area contributed by atoms with Crippen molar-refractivity contribution in [3.05, 3.63) is 78.3 Å². The third-order valence-corrected chi connectivity index (χ3v) is 5.37. The molecule has 7 heteroatoms. The second-order valence-corrected chi connectivity index (χ2v) is 7.45. The maximum Gasteiger partial charge on any atom is 0.244 e. The minimum atomic E-state index is 0.163. The van der Waals surface area contributed by atoms with Gasteiger partial charge in [-0.25, -0.2) is 9.97 Å². The summed E-state index contributed by atoms with van der Waals surface area (Å²) in [5, 5.41) is 4.20. The number of rotatable bonds is 5. The molecular formula is C22H22N6O. The standard InChI is InChI=1S/C22H22N6O/c1-16-4-6-17(7-5-16)14-27-11-2-3-19(27)22-25-21(26-29-22)18-8-9-20(24-13-18)28-12-10-23-15-28/h4-10,12-13,15,19H,2-3,11,14H2,1H3/t19-/m0/s1. The summed E-state index contributed by atoms with van der Waals surface area (Å²) < 4.78 is 7.50. The molecule has 1 aromatic carbocycles. The summed E-state index contributed by atoms with van der Waals surface area (Å²) in [6, 6.07) is 12.7. The fourth-order valence-corrected chi connectivity index (χ4v) is 3.78. The topological polar surface area (TPSA) is 72.9 Å². The third-order valence-electron chi connectivity index (χ3n) is 5.37. The van der Waals surface area contributed by atoms with Crippen molar-refractivity contribution in [1.29, 1.82) is 0 Å². The Hall–Kier alpha value is -3.32. The van der Waals surface area contributed by atoms with Gasteiger partial charge in [0.2, 0.25) is 11.7 Å². The highest BCUT2D eigenvalue weighted by Gasteiger charge is 2.30. The molecule has 7 nitrogen and oxygen atoms in total. The average molecular weight is 386 g/mol. The van der Waals surface area contributed by atoms with Gasteiger partial charge in [0.15, 0.2) is 0 Å². The van der Waals surface area contributed by atoms with Crippen LogP contribution in [0.15, 0.2) is 65.8 Å². The van der Waals surface area contributed by atoms with Crippen LogP contribution in [0.3, 0.4) is 0 Å². The predicted molar refractivity (Wildman–Crippen MR) is 108 cm³/mol. The number of hydrogen-bond donors (Lipinski definition) is 0. The number of likely N-dealkylation sites (tertiary alicyclic amines) is 1. The molecule has 1 saturated heterocycles. The van der Waals surface area contributed by atoms with Gasteiger partial charge < -0.3 is 4.52 Å². The van der Waals surface area contributed by atoms with Crippen LogP contribution in [0.4, 0.5) is 0 Å². The van der Waals surface area contributed by atoms with Crippen LogP contribution < -0.4 is 0 Å². The molecule has 0 saturated carbocycles. The van der Waals surface area contributed by atoms with E-state index in [9.17, 15) is 0 Å². The SMILES string of the molecule is Cc1ccc(CN2CCC[C@H]2c2nc(-c3ccc(-n4ccnc4)nc3)no2)cc1. The Morgan fingerprint density at radius 3 is 2.79 bits per heavy atom. The van der Waals surface area contributed by atoms with Gasteiger partial charge in [-0.1, -0.05) is 35.0 Å². The quantitative estimate of drug-likeness (QED) is 0.517. The maximum absolute atomic E-state index is 5.65. The van der Waals surface area contributed by atoms with Gasteiger partial charge in [-0.3, -0.25) is 9.47 Å². The van der Waals surface area contributed by atoms with E-state index < -0.39 is 0 Å². The van der Waals surface area contributed by atoms with Crippen LogP contribution in [-0.2, 0) is 6.54 Å². The molecule has 0 amide bonds. The highest BCUT2D eigenvalue weighted by atomic mass is 16.5. The molecule has 0 N–H and O–H groups in total. The van der Waals surface area contributed by atoms with Gasteiger partial charge in [-0.05, 0) is 44.0 Å². The summed E-state index contributed by atoms with van der Waals surface area (Å²) in [7, 11) is 0. The normalized spacial score (nSPS) is 17.1. The molecule has 0 unspecified atom stereocenters. The van der Waals surface area contributed by atoms with E-state index in [-0.39, 0.29) is 6.04 Å². The summed E-state index contributed by atoms with van der Waals surface area (Å²) in [4.78, 5) is 15.6. The van der Waals surface area contributed by atoms with Crippen molar-refractivity contribution in [2.24, 2.45) is 0 Å². The molecular weight excluding hydrogens is 364 g/mol. The number of imidazole rings is 1. The molecule has 5 rings (SSSR count). The summed E-state index contributed by atoms with van der Waals surface area (Å²) in [5.74, 6) is 2.06. The first-order valence-corrected chi connectivity index (χ1v) is 9.84. The number of nitrogens with zero attached hydrogens (tertiary/aromatic N) is 6. The second-order valence-electron chi connectivity index (χ2n) is 7.45. The first kappa shape index (κ1) is 17.8. The molecule has 0 bridgehead atoms. The van der Waals surface area contributed by atoms with Crippen LogP contribution in [0.1, 0.15) is 35.9 Å². The largest absolute Gasteiger partial charge is 0.337 e. The maximum atomic E-state index is 5.65. The van der Waals surface area contributed by atoms with E-state index in [0.29, 0.717) is 11.7 Å². The van der Waals surface area contributed by atoms with Gasteiger partial charge in [-0.15, -0.1) is 0 Å². The lowest BCUT2D eigenvalue weighted by molar-refractivity contribution is 0.201. The molecule has 3 aromatic heterocycles. The van der Waals surface area contributed by atoms with Crippen LogP contribution in [0.5, 0.6) is 0 Å². The number of aryl methyl sites for hydroxylation is 1. The van der Waals surface area contributed by atoms with Crippen molar-refractivity contribution in [1.82, 2.24) is 29.6 Å². The van der Waals surface area contributed by atoms with E-state index in [4.69, 9.17) is 4.52 Å². The van der Waals surface area contributed by atoms with Crippen LogP contribution in [0.2, 0.25) is 0 Å². The molecule has 1 aliphatic rings. The van der Waals surface area contributed by atoms with Gasteiger partial charge in [0, 0.05) is 30.7 Å². The van der Waals surface area contributed by atoms with Crippen LogP contribution in [-0.4, -0.2) is 36.1 Å². The average Bonchev–Trinajstić information content (AvgIpc) is 3.51. The molecule has 0 radical (unpaired) electrons. The van der Waals surface area contributed by atoms with Gasteiger partial charge >= 0.3 is 0 Å². The molecule has 1 atom stereocenters. The lowest BCUT2D eigenvalue weighted by Gasteiger charge is -2.21. The van der Waals surface area contributed by atoms with E-state index in [1.54, 1.807) is 18.7 Å². The first-order valence-electron chi connectivity index (χ1n) is 9.84. The molecule has 4 aromatic rings. The summed E-state index contributed by atoms with van der Waals surface area (Å²) in [6.45, 7) is 4.04. The van der Waals surface area contributed by atoms with E-state index in [1.165, 1.54) is 11.1 Å². The zero-order valence-corrected chi connectivity index (χ0v) is 16.3. The third kappa shape index (κ3) is 3.69. The van der Waals surface area contributed by atoms with Crippen molar-refractivity contribution in [3.63, 3.8) is 0 Å². The van der Waals surface area contributed by atoms with Crippen molar-refractivity contribution in [2.75, 3.05) is 6.54 Å². The lowest BCUT2D eigenvalue weighted by Crippen LogP contribution is -2.23. The summed E-state index contributed by atoms with van der Waals surface area (Å²) in [5.41, 5.74) is 3.43. The van der Waals surface area contributed by atoms with E-state index >= 15 is 0 Å². The number of hydrogen-bond acceptors (Lipinski definition) is 6. The van der Waals surface area contributed by atoms with Crippen molar-refractivity contribution >= 4 is 0 Å². The fraction of sp³-hybridized carbons (Fsp3) is 0.273. The number of benzene rings is 1. The van der Waals surface area contributed by atoms with Crippen LogP contribution >= 0.6 is 0 Å². The van der Waals surface area contributed by atoms with Crippen molar-refractivity contribution in [3.8, 4) is 17.2 Å². The Morgan fingerprint density at radius 2 is 2.03 bits per heavy atom. The fourth-order valence-electron chi connectivity index (χ4n) is 3.78. The molecule has 0 aliphatic carbocycles. The Kier molecular flexibility index (Phi) is 4.65. The van der Waals surface area contributed by atoms with Gasteiger partial charge in [0.05, 0.1) is 6.04 Å². The van der Waals surface area contributed by atoms with Crippen LogP contribution in [0.25, 0.3) is 17.2 Å². The zero-order valence-electron chi connectivity index (χ0n) is 16.3. The monoisotopic (exact) mass is 386 g/mol. The summed E-state index contributed by atoms with van der Waals surface area (Å²) >= 11 is 0. The highest BCUT2D eigenvalue weighted by Crippen LogP contribution is 2.33. The molecule has 1 fully saturated rings. The minimum Gasteiger partial charge on any atom is -0.337 e. The van der Waals surface area contributed by atoms with Gasteiger partial charge in [0.1, 0.15) is 12.1 Å². The smallest absolute Gasteiger partial charge is 0.244 e. The van der Waals surface area contributed by atoms with Crippen LogP contribution in [0, 0.1) is 6.92 Å². The van der Waals surface area contributed by atoms with Crippen molar-refractivity contribution in [2.45, 2.75) is 32.4 Å². The first-order chi connectivity index (χ1) is 14.3. The lowest BCUT2D eigenvalue weighted by atomic mass is 10.1. The molecule has 29 heavy (non-hydrogen) atoms. The molecule has 1 aliphatic heterocycles. The predicted octanol–water partition coefficient (Wildman–Crippen LogP) is 3.96. The van der Waals surface area contributed by atoms with Gasteiger partial charge in [-0.2, -0.15) is 4.98 Å². The Balaban J connectivity index is 1.33. The van der Waals surface area contributed by atoms with Gasteiger partial charge in [0.25, 0.3) is 0 Å². The highest BCUT2D eigenvalue weighted by molar-refractivity contribution is 5.53. The Bertz CT molecular complexity index is 1070. The van der Waals surface area contributed by atoms with E-state index in [1.807, 2.05) is 22.9 Å². The Morgan fingerprint density at radius 1 is 1.14 bits per heavy atom. The summed E-state index contributed by atoms with van der Waals surface area (Å²) in [6.07, 6.45) is 9.24. The molecule has 146 valence electrons. The number of aromatic nitrogens is 5. The minimum absolute atomic E-state index is 0.163. The van der Waals surface area contributed by atoms with E-state index in [2.05, 4.69) is 56.2 Å². The van der Waals surface area contributed by atoms with E-state index in [0.717, 1.165) is 37.3 Å². The second kappa shape index (κ2) is 7.60. The molecule has 4 heterocycles.